The summed E-state index contributed by atoms with van der Waals surface area (Å²) in [6, 6.07) is 27.9. The number of aromatic nitrogens is 2. The van der Waals surface area contributed by atoms with Gasteiger partial charge in [-0.15, -0.1) is 0 Å². The van der Waals surface area contributed by atoms with E-state index in [1.165, 1.54) is 5.56 Å². The van der Waals surface area contributed by atoms with Crippen molar-refractivity contribution in [2.75, 3.05) is 0 Å². The molecule has 0 saturated carbocycles. The van der Waals surface area contributed by atoms with Crippen molar-refractivity contribution >= 4 is 0 Å². The van der Waals surface area contributed by atoms with Gasteiger partial charge in [0.2, 0.25) is 0 Å². The fraction of sp³-hybridized carbons (Fsp3) is 0.0833. The highest BCUT2D eigenvalue weighted by molar-refractivity contribution is 5.68. The van der Waals surface area contributed by atoms with Gasteiger partial charge in [-0.2, -0.15) is 4.57 Å². The molecule has 0 atom stereocenters. The molecule has 0 aliphatic carbocycles. The van der Waals surface area contributed by atoms with Crippen LogP contribution in [-0.2, 0) is 0 Å². The maximum atomic E-state index is 10.3. The quantitative estimate of drug-likeness (QED) is 0.525. The third kappa shape index (κ3) is 3.32. The van der Waals surface area contributed by atoms with Crippen molar-refractivity contribution in [3.63, 3.8) is 0 Å². The monoisotopic (exact) mass is 353 g/mol. The van der Waals surface area contributed by atoms with E-state index >= 15 is 0 Å². The van der Waals surface area contributed by atoms with Crippen molar-refractivity contribution in [2.24, 2.45) is 0 Å². The topological polar surface area (TPSA) is 37.0 Å². The van der Waals surface area contributed by atoms with Crippen LogP contribution in [0.25, 0.3) is 28.3 Å². The van der Waals surface area contributed by atoms with E-state index in [1.807, 2.05) is 42.5 Å². The van der Waals surface area contributed by atoms with Gasteiger partial charge < -0.3 is 5.11 Å². The zero-order valence-corrected chi connectivity index (χ0v) is 15.4. The molecule has 3 nitrogen and oxygen atoms in total. The zero-order valence-electron chi connectivity index (χ0n) is 15.4. The summed E-state index contributed by atoms with van der Waals surface area (Å²) in [4.78, 5) is 4.94. The molecular weight excluding hydrogens is 332 g/mol. The van der Waals surface area contributed by atoms with E-state index in [4.69, 9.17) is 4.98 Å². The van der Waals surface area contributed by atoms with Crippen molar-refractivity contribution < 1.29 is 9.67 Å². The lowest BCUT2D eigenvalue weighted by molar-refractivity contribution is -0.593. The minimum absolute atomic E-state index is 0.233. The van der Waals surface area contributed by atoms with Crippen LogP contribution >= 0.6 is 0 Å². The van der Waals surface area contributed by atoms with Crippen LogP contribution in [0.15, 0.2) is 84.9 Å². The first kappa shape index (κ1) is 17.0. The van der Waals surface area contributed by atoms with Crippen molar-refractivity contribution in [1.29, 1.82) is 0 Å². The minimum atomic E-state index is 0.233. The lowest BCUT2D eigenvalue weighted by Gasteiger charge is -2.10. The average Bonchev–Trinajstić information content (AvgIpc) is 2.69. The highest BCUT2D eigenvalue weighted by Gasteiger charge is 2.23. The van der Waals surface area contributed by atoms with E-state index in [0.717, 1.165) is 34.0 Å². The van der Waals surface area contributed by atoms with Crippen LogP contribution in [0.3, 0.4) is 0 Å². The predicted molar refractivity (Wildman–Crippen MR) is 108 cm³/mol. The van der Waals surface area contributed by atoms with Crippen LogP contribution < -0.4 is 4.57 Å². The molecule has 0 amide bonds. The Labute approximate surface area is 159 Å². The Balaban J connectivity index is 1.99. The summed E-state index contributed by atoms with van der Waals surface area (Å²) in [7, 11) is 0. The van der Waals surface area contributed by atoms with E-state index in [1.54, 1.807) is 6.07 Å². The molecule has 4 aromatic rings. The number of hydrogen-bond acceptors (Lipinski definition) is 2. The second kappa shape index (κ2) is 7.04. The van der Waals surface area contributed by atoms with Gasteiger partial charge in [0.15, 0.2) is 5.69 Å². The normalized spacial score (nSPS) is 10.7. The van der Waals surface area contributed by atoms with E-state index in [2.05, 4.69) is 54.8 Å². The van der Waals surface area contributed by atoms with Gasteiger partial charge in [-0.25, -0.2) is 0 Å². The largest absolute Gasteiger partial charge is 0.507 e. The summed E-state index contributed by atoms with van der Waals surface area (Å²) < 4.78 is 2.15. The van der Waals surface area contributed by atoms with Crippen molar-refractivity contribution in [3.8, 4) is 34.1 Å². The van der Waals surface area contributed by atoms with Gasteiger partial charge in [0.25, 0.3) is 0 Å². The van der Waals surface area contributed by atoms with Gasteiger partial charge in [-0.05, 0) is 55.2 Å². The summed E-state index contributed by atoms with van der Waals surface area (Å²) in [5.74, 6) is 1.08. The second-order valence-corrected chi connectivity index (χ2v) is 6.66. The first-order chi connectivity index (χ1) is 13.1. The van der Waals surface area contributed by atoms with E-state index in [0.29, 0.717) is 0 Å². The Morgan fingerprint density at radius 1 is 0.778 bits per heavy atom. The van der Waals surface area contributed by atoms with Gasteiger partial charge in [0.1, 0.15) is 17.1 Å². The van der Waals surface area contributed by atoms with Crippen LogP contribution in [0, 0.1) is 13.8 Å². The van der Waals surface area contributed by atoms with Crippen LogP contribution in [0.2, 0.25) is 0 Å². The first-order valence-corrected chi connectivity index (χ1v) is 8.98. The smallest absolute Gasteiger partial charge is 0.336 e. The maximum absolute atomic E-state index is 10.3. The standard InChI is InChI=1S/C24H20N2O/c1-17-12-14-20(15-13-17)26-18(2)16-22(21-10-6-7-11-23(21)27)25-24(26)19-8-4-3-5-9-19/h3-16H,1-2H3/p+1. The van der Waals surface area contributed by atoms with Gasteiger partial charge in [0, 0.05) is 6.07 Å². The van der Waals surface area contributed by atoms with Gasteiger partial charge in [-0.1, -0.05) is 48.0 Å². The fourth-order valence-electron chi connectivity index (χ4n) is 3.25. The molecule has 0 radical (unpaired) electrons. The Morgan fingerprint density at radius 3 is 2.15 bits per heavy atom. The van der Waals surface area contributed by atoms with E-state index in [-0.39, 0.29) is 5.75 Å². The minimum Gasteiger partial charge on any atom is -0.507 e. The van der Waals surface area contributed by atoms with E-state index in [9.17, 15) is 5.11 Å². The lowest BCUT2D eigenvalue weighted by Crippen LogP contribution is -2.38. The molecule has 0 saturated heterocycles. The molecule has 0 fully saturated rings. The molecule has 27 heavy (non-hydrogen) atoms. The molecule has 132 valence electrons. The molecule has 4 rings (SSSR count). The highest BCUT2D eigenvalue weighted by atomic mass is 16.3. The first-order valence-electron chi connectivity index (χ1n) is 8.98. The molecule has 0 aliphatic rings. The van der Waals surface area contributed by atoms with Gasteiger partial charge in [-0.3, -0.25) is 0 Å². The van der Waals surface area contributed by atoms with Crippen molar-refractivity contribution in [2.45, 2.75) is 13.8 Å². The molecule has 1 N–H and O–H groups in total. The maximum Gasteiger partial charge on any atom is 0.336 e. The van der Waals surface area contributed by atoms with Gasteiger partial charge >= 0.3 is 5.82 Å². The third-order valence-corrected chi connectivity index (χ3v) is 4.64. The summed E-state index contributed by atoms with van der Waals surface area (Å²) in [5, 5.41) is 10.3. The predicted octanol–water partition coefficient (Wildman–Crippen LogP) is 5.01. The Kier molecular flexibility index (Phi) is 4.43. The summed E-state index contributed by atoms with van der Waals surface area (Å²) in [5.41, 5.74) is 5.84. The van der Waals surface area contributed by atoms with Crippen LogP contribution in [-0.4, -0.2) is 10.1 Å². The zero-order chi connectivity index (χ0) is 18.8. The Morgan fingerprint density at radius 2 is 1.44 bits per heavy atom. The highest BCUT2D eigenvalue weighted by Crippen LogP contribution is 2.29. The molecule has 0 aliphatic heterocycles. The third-order valence-electron chi connectivity index (χ3n) is 4.64. The SMILES string of the molecule is Cc1ccc(-[n+]2c(C)cc(-c3ccccc3O)nc2-c2ccccc2)cc1. The van der Waals surface area contributed by atoms with Gasteiger partial charge in [0.05, 0.1) is 11.1 Å². The number of rotatable bonds is 3. The molecule has 0 spiro atoms. The second-order valence-electron chi connectivity index (χ2n) is 6.66. The fourth-order valence-corrected chi connectivity index (χ4v) is 3.25. The summed E-state index contributed by atoms with van der Waals surface area (Å²) >= 11 is 0. The molecule has 0 unspecified atom stereocenters. The molecule has 1 aromatic heterocycles. The Bertz CT molecular complexity index is 1090. The number of nitrogens with zero attached hydrogens (tertiary/aromatic N) is 2. The lowest BCUT2D eigenvalue weighted by atomic mass is 10.1. The molecular formula is C24H21N2O+. The van der Waals surface area contributed by atoms with Crippen LogP contribution in [0.1, 0.15) is 11.3 Å². The van der Waals surface area contributed by atoms with Crippen molar-refractivity contribution in [3.05, 3.63) is 96.2 Å². The number of aromatic hydroxyl groups is 1. The van der Waals surface area contributed by atoms with Crippen molar-refractivity contribution in [1.82, 2.24) is 4.98 Å². The van der Waals surface area contributed by atoms with Crippen LogP contribution in [0.5, 0.6) is 5.75 Å². The number of benzene rings is 3. The summed E-state index contributed by atoms with van der Waals surface area (Å²) in [6.45, 7) is 4.15. The molecule has 3 aromatic carbocycles. The molecule has 0 bridgehead atoms. The van der Waals surface area contributed by atoms with Crippen LogP contribution in [0.4, 0.5) is 0 Å². The number of phenolic OH excluding ortho intramolecular Hbond substituents is 1. The molecule has 3 heteroatoms. The number of hydrogen-bond donors (Lipinski definition) is 1. The van der Waals surface area contributed by atoms with E-state index < -0.39 is 0 Å². The number of phenols is 1. The number of para-hydroxylation sites is 1. The summed E-state index contributed by atoms with van der Waals surface area (Å²) in [6.07, 6.45) is 0. The molecule has 1 heterocycles. The number of aryl methyl sites for hydroxylation is 2. The average molecular weight is 353 g/mol. The Hall–Kier alpha value is -3.46.